The van der Waals surface area contributed by atoms with Crippen LogP contribution in [-0.4, -0.2) is 18.4 Å². The fourth-order valence-electron chi connectivity index (χ4n) is 2.17. The average Bonchev–Trinajstić information content (AvgIpc) is 2.41. The Morgan fingerprint density at radius 3 is 2.21 bits per heavy atom. The highest BCUT2D eigenvalue weighted by atomic mass is 16.2. The van der Waals surface area contributed by atoms with Crippen molar-refractivity contribution in [3.63, 3.8) is 0 Å². The first-order valence-corrected chi connectivity index (χ1v) is 6.69. The molecule has 2 amide bonds. The van der Waals surface area contributed by atoms with Gasteiger partial charge in [-0.1, -0.05) is 44.2 Å². The second-order valence-electron chi connectivity index (χ2n) is 4.64. The lowest BCUT2D eigenvalue weighted by atomic mass is 9.80. The highest BCUT2D eigenvalue weighted by molar-refractivity contribution is 6.04. The van der Waals surface area contributed by atoms with E-state index in [0.717, 1.165) is 12.0 Å². The van der Waals surface area contributed by atoms with Crippen LogP contribution in [0.5, 0.6) is 0 Å². The third-order valence-electron chi connectivity index (χ3n) is 3.66. The minimum Gasteiger partial charge on any atom is -0.369 e. The zero-order valence-electron chi connectivity index (χ0n) is 11.6. The molecule has 0 atom stereocenters. The van der Waals surface area contributed by atoms with E-state index in [2.05, 4.69) is 5.32 Å². The summed E-state index contributed by atoms with van der Waals surface area (Å²) >= 11 is 0. The molecule has 0 fully saturated rings. The third kappa shape index (κ3) is 3.56. The zero-order chi connectivity index (χ0) is 14.3. The van der Waals surface area contributed by atoms with Crippen molar-refractivity contribution in [2.75, 3.05) is 6.54 Å². The first-order valence-electron chi connectivity index (χ1n) is 6.69. The van der Waals surface area contributed by atoms with Crippen LogP contribution >= 0.6 is 0 Å². The van der Waals surface area contributed by atoms with Gasteiger partial charge in [-0.3, -0.25) is 9.59 Å². The van der Waals surface area contributed by atoms with Crippen LogP contribution in [0, 0.1) is 5.41 Å². The summed E-state index contributed by atoms with van der Waals surface area (Å²) < 4.78 is 0. The SMILES string of the molecule is CCC(CC)(C(N)=O)C(=O)NCCc1ccccc1. The van der Waals surface area contributed by atoms with E-state index >= 15 is 0 Å². The normalized spacial score (nSPS) is 11.1. The molecule has 19 heavy (non-hydrogen) atoms. The summed E-state index contributed by atoms with van der Waals surface area (Å²) in [5.41, 5.74) is 5.46. The third-order valence-corrected chi connectivity index (χ3v) is 3.66. The molecule has 0 saturated carbocycles. The molecule has 0 spiro atoms. The lowest BCUT2D eigenvalue weighted by molar-refractivity contribution is -0.142. The van der Waals surface area contributed by atoms with Gasteiger partial charge in [-0.25, -0.2) is 0 Å². The molecule has 0 aliphatic rings. The van der Waals surface area contributed by atoms with Crippen molar-refractivity contribution in [1.82, 2.24) is 5.32 Å². The largest absolute Gasteiger partial charge is 0.369 e. The summed E-state index contributed by atoms with van der Waals surface area (Å²) in [6.07, 6.45) is 1.60. The van der Waals surface area contributed by atoms with Gasteiger partial charge in [0.1, 0.15) is 5.41 Å². The number of nitrogens with two attached hydrogens (primary N) is 1. The van der Waals surface area contributed by atoms with E-state index in [1.54, 1.807) is 0 Å². The number of nitrogens with one attached hydrogen (secondary N) is 1. The van der Waals surface area contributed by atoms with Crippen molar-refractivity contribution in [2.24, 2.45) is 11.1 Å². The summed E-state index contributed by atoms with van der Waals surface area (Å²) in [7, 11) is 0. The van der Waals surface area contributed by atoms with Crippen LogP contribution < -0.4 is 11.1 Å². The molecule has 0 heterocycles. The number of amides is 2. The molecule has 0 aliphatic carbocycles. The van der Waals surface area contributed by atoms with Gasteiger partial charge in [-0.05, 0) is 24.8 Å². The monoisotopic (exact) mass is 262 g/mol. The molecule has 4 heteroatoms. The molecule has 1 rings (SSSR count). The van der Waals surface area contributed by atoms with Gasteiger partial charge in [0.2, 0.25) is 11.8 Å². The number of carbonyl (C=O) groups is 2. The van der Waals surface area contributed by atoms with E-state index in [1.165, 1.54) is 0 Å². The molecule has 104 valence electrons. The van der Waals surface area contributed by atoms with Gasteiger partial charge >= 0.3 is 0 Å². The maximum atomic E-state index is 12.1. The Kier molecular flexibility index (Phi) is 5.55. The summed E-state index contributed by atoms with van der Waals surface area (Å²) in [4.78, 5) is 23.7. The first-order chi connectivity index (χ1) is 9.06. The predicted octanol–water partition coefficient (Wildman–Crippen LogP) is 1.64. The minimum atomic E-state index is -1.07. The van der Waals surface area contributed by atoms with E-state index in [-0.39, 0.29) is 5.91 Å². The van der Waals surface area contributed by atoms with E-state index in [4.69, 9.17) is 5.73 Å². The van der Waals surface area contributed by atoms with Gasteiger partial charge in [0.05, 0.1) is 0 Å². The van der Waals surface area contributed by atoms with Gasteiger partial charge in [0.25, 0.3) is 0 Å². The zero-order valence-corrected chi connectivity index (χ0v) is 11.6. The standard InChI is InChI=1S/C15H22N2O2/c1-3-15(4-2,13(16)18)14(19)17-11-10-12-8-6-5-7-9-12/h5-9H,3-4,10-11H2,1-2H3,(H2,16,18)(H,17,19). The molecule has 1 aromatic rings. The Labute approximate surface area is 114 Å². The molecule has 0 bridgehead atoms. The van der Waals surface area contributed by atoms with Crippen LogP contribution in [0.15, 0.2) is 30.3 Å². The molecule has 0 saturated heterocycles. The number of benzene rings is 1. The van der Waals surface area contributed by atoms with E-state index in [9.17, 15) is 9.59 Å². The second kappa shape index (κ2) is 6.92. The summed E-state index contributed by atoms with van der Waals surface area (Å²) in [6, 6.07) is 9.89. The quantitative estimate of drug-likeness (QED) is 0.733. The average molecular weight is 262 g/mol. The van der Waals surface area contributed by atoms with Crippen molar-refractivity contribution >= 4 is 11.8 Å². The lowest BCUT2D eigenvalue weighted by Crippen LogP contribution is -2.49. The fraction of sp³-hybridized carbons (Fsp3) is 0.467. The van der Waals surface area contributed by atoms with Gasteiger partial charge < -0.3 is 11.1 Å². The van der Waals surface area contributed by atoms with Crippen LogP contribution in [0.1, 0.15) is 32.3 Å². The number of hydrogen-bond donors (Lipinski definition) is 2. The summed E-state index contributed by atoms with van der Waals surface area (Å²) in [5.74, 6) is -0.810. The van der Waals surface area contributed by atoms with Crippen molar-refractivity contribution in [3.8, 4) is 0 Å². The molecule has 0 aliphatic heterocycles. The minimum absolute atomic E-state index is 0.263. The number of primary amides is 1. The van der Waals surface area contributed by atoms with Crippen molar-refractivity contribution < 1.29 is 9.59 Å². The Bertz CT molecular complexity index is 425. The lowest BCUT2D eigenvalue weighted by Gasteiger charge is -2.26. The van der Waals surface area contributed by atoms with Crippen molar-refractivity contribution in [2.45, 2.75) is 33.1 Å². The second-order valence-corrected chi connectivity index (χ2v) is 4.64. The molecular weight excluding hydrogens is 240 g/mol. The molecule has 0 unspecified atom stereocenters. The molecule has 1 aromatic carbocycles. The van der Waals surface area contributed by atoms with Crippen LogP contribution in [0.2, 0.25) is 0 Å². The Morgan fingerprint density at radius 2 is 1.74 bits per heavy atom. The molecule has 0 aromatic heterocycles. The highest BCUT2D eigenvalue weighted by Crippen LogP contribution is 2.26. The van der Waals surface area contributed by atoms with E-state index in [1.807, 2.05) is 44.2 Å². The van der Waals surface area contributed by atoms with Gasteiger partial charge in [0, 0.05) is 6.54 Å². The van der Waals surface area contributed by atoms with Crippen LogP contribution in [0.25, 0.3) is 0 Å². The molecular formula is C15H22N2O2. The van der Waals surface area contributed by atoms with Crippen LogP contribution in [0.4, 0.5) is 0 Å². The molecule has 3 N–H and O–H groups in total. The van der Waals surface area contributed by atoms with Gasteiger partial charge in [-0.15, -0.1) is 0 Å². The van der Waals surface area contributed by atoms with Crippen molar-refractivity contribution in [1.29, 1.82) is 0 Å². The number of carbonyl (C=O) groups excluding carboxylic acids is 2. The Balaban J connectivity index is 2.57. The molecule has 0 radical (unpaired) electrons. The van der Waals surface area contributed by atoms with Gasteiger partial charge in [0.15, 0.2) is 0 Å². The van der Waals surface area contributed by atoms with E-state index in [0.29, 0.717) is 19.4 Å². The number of rotatable bonds is 7. The maximum Gasteiger partial charge on any atom is 0.235 e. The summed E-state index contributed by atoms with van der Waals surface area (Å²) in [6.45, 7) is 4.13. The topological polar surface area (TPSA) is 72.2 Å². The van der Waals surface area contributed by atoms with Crippen LogP contribution in [0.3, 0.4) is 0 Å². The predicted molar refractivity (Wildman–Crippen MR) is 75.4 cm³/mol. The Morgan fingerprint density at radius 1 is 1.16 bits per heavy atom. The maximum absolute atomic E-state index is 12.1. The Hall–Kier alpha value is -1.84. The first kappa shape index (κ1) is 15.2. The fourth-order valence-corrected chi connectivity index (χ4v) is 2.17. The van der Waals surface area contributed by atoms with Crippen molar-refractivity contribution in [3.05, 3.63) is 35.9 Å². The van der Waals surface area contributed by atoms with E-state index < -0.39 is 11.3 Å². The van der Waals surface area contributed by atoms with Gasteiger partial charge in [-0.2, -0.15) is 0 Å². The van der Waals surface area contributed by atoms with Crippen LogP contribution in [-0.2, 0) is 16.0 Å². The molecule has 4 nitrogen and oxygen atoms in total. The summed E-state index contributed by atoms with van der Waals surface area (Å²) in [5, 5.41) is 2.82. The smallest absolute Gasteiger partial charge is 0.235 e. The highest BCUT2D eigenvalue weighted by Gasteiger charge is 2.40. The number of hydrogen-bond acceptors (Lipinski definition) is 2.